The van der Waals surface area contributed by atoms with E-state index in [0.29, 0.717) is 23.1 Å². The van der Waals surface area contributed by atoms with E-state index in [1.165, 1.54) is 7.11 Å². The van der Waals surface area contributed by atoms with Crippen LogP contribution >= 0.6 is 0 Å². The second-order valence-corrected chi connectivity index (χ2v) is 6.25. The molecule has 2 aliphatic heterocycles. The summed E-state index contributed by atoms with van der Waals surface area (Å²) in [6.45, 7) is 0.176. The predicted molar refractivity (Wildman–Crippen MR) is 92.9 cm³/mol. The Morgan fingerprint density at radius 1 is 1.12 bits per heavy atom. The Bertz CT molecular complexity index is 1050. The number of esters is 1. The third-order valence-corrected chi connectivity index (χ3v) is 4.78. The van der Waals surface area contributed by atoms with Gasteiger partial charge < -0.3 is 18.9 Å². The SMILES string of the molecule is COC(=O)CC1c2cc3c(cc2Oc2nc4ccccc4cc21)OCO3. The van der Waals surface area contributed by atoms with Crippen LogP contribution in [-0.2, 0) is 9.53 Å². The first kappa shape index (κ1) is 15.0. The number of ether oxygens (including phenoxy) is 4. The van der Waals surface area contributed by atoms with Gasteiger partial charge in [-0.1, -0.05) is 18.2 Å². The zero-order chi connectivity index (χ0) is 17.7. The molecule has 3 aromatic rings. The molecule has 2 aliphatic rings. The van der Waals surface area contributed by atoms with Gasteiger partial charge in [-0.05, 0) is 18.2 Å². The highest BCUT2D eigenvalue weighted by atomic mass is 16.7. The fourth-order valence-electron chi connectivity index (χ4n) is 3.49. The van der Waals surface area contributed by atoms with Crippen LogP contribution in [0.2, 0.25) is 0 Å². The summed E-state index contributed by atoms with van der Waals surface area (Å²) < 4.78 is 21.9. The molecule has 0 amide bonds. The van der Waals surface area contributed by atoms with Crippen molar-refractivity contribution in [3.05, 3.63) is 53.6 Å². The van der Waals surface area contributed by atoms with Gasteiger partial charge in [0, 0.05) is 28.5 Å². The van der Waals surface area contributed by atoms with E-state index in [9.17, 15) is 4.79 Å². The first-order chi connectivity index (χ1) is 12.7. The van der Waals surface area contributed by atoms with Gasteiger partial charge in [-0.15, -0.1) is 0 Å². The number of hydrogen-bond donors (Lipinski definition) is 0. The van der Waals surface area contributed by atoms with Gasteiger partial charge in [-0.2, -0.15) is 0 Å². The fraction of sp³-hybridized carbons (Fsp3) is 0.200. The molecule has 26 heavy (non-hydrogen) atoms. The number of rotatable bonds is 2. The summed E-state index contributed by atoms with van der Waals surface area (Å²) in [7, 11) is 1.39. The number of carbonyl (C=O) groups excluding carboxylic acids is 1. The van der Waals surface area contributed by atoms with Gasteiger partial charge in [0.2, 0.25) is 12.7 Å². The molecule has 0 spiro atoms. The lowest BCUT2D eigenvalue weighted by atomic mass is 9.86. The monoisotopic (exact) mass is 349 g/mol. The van der Waals surface area contributed by atoms with Crippen molar-refractivity contribution in [2.45, 2.75) is 12.3 Å². The second kappa shape index (κ2) is 5.62. The molecule has 6 nitrogen and oxygen atoms in total. The molecular formula is C20H15NO5. The smallest absolute Gasteiger partial charge is 0.306 e. The average molecular weight is 349 g/mol. The molecule has 5 rings (SSSR count). The maximum atomic E-state index is 12.1. The molecule has 0 bridgehead atoms. The molecule has 0 radical (unpaired) electrons. The van der Waals surface area contributed by atoms with E-state index < -0.39 is 0 Å². The summed E-state index contributed by atoms with van der Waals surface area (Å²) in [6, 6.07) is 13.5. The topological polar surface area (TPSA) is 66.9 Å². The lowest BCUT2D eigenvalue weighted by Gasteiger charge is -2.27. The quantitative estimate of drug-likeness (QED) is 0.656. The highest BCUT2D eigenvalue weighted by Gasteiger charge is 2.33. The largest absolute Gasteiger partial charge is 0.469 e. The number of para-hydroxylation sites is 1. The number of hydrogen-bond acceptors (Lipinski definition) is 6. The van der Waals surface area contributed by atoms with Crippen molar-refractivity contribution in [2.75, 3.05) is 13.9 Å². The van der Waals surface area contributed by atoms with Crippen molar-refractivity contribution in [3.63, 3.8) is 0 Å². The van der Waals surface area contributed by atoms with Gasteiger partial charge in [0.1, 0.15) is 5.75 Å². The molecule has 1 unspecified atom stereocenters. The Balaban J connectivity index is 1.71. The van der Waals surface area contributed by atoms with E-state index in [2.05, 4.69) is 4.98 Å². The van der Waals surface area contributed by atoms with Crippen molar-refractivity contribution in [3.8, 4) is 23.1 Å². The minimum atomic E-state index is -0.292. The van der Waals surface area contributed by atoms with E-state index in [0.717, 1.165) is 22.0 Å². The van der Waals surface area contributed by atoms with Crippen molar-refractivity contribution in [1.82, 2.24) is 4.98 Å². The number of nitrogens with zero attached hydrogens (tertiary/aromatic N) is 1. The van der Waals surface area contributed by atoms with Gasteiger partial charge in [-0.3, -0.25) is 4.79 Å². The van der Waals surface area contributed by atoms with E-state index in [1.807, 2.05) is 36.4 Å². The van der Waals surface area contributed by atoms with Crippen LogP contribution in [0, 0.1) is 0 Å². The minimum Gasteiger partial charge on any atom is -0.469 e. The van der Waals surface area contributed by atoms with Crippen LogP contribution in [0.15, 0.2) is 42.5 Å². The van der Waals surface area contributed by atoms with Gasteiger partial charge >= 0.3 is 5.97 Å². The molecule has 6 heteroatoms. The van der Waals surface area contributed by atoms with Crippen molar-refractivity contribution >= 4 is 16.9 Å². The Morgan fingerprint density at radius 2 is 1.92 bits per heavy atom. The van der Waals surface area contributed by atoms with Crippen molar-refractivity contribution < 1.29 is 23.7 Å². The van der Waals surface area contributed by atoms with E-state index in [-0.39, 0.29) is 25.1 Å². The first-order valence-corrected chi connectivity index (χ1v) is 8.31. The maximum absolute atomic E-state index is 12.1. The normalized spacial score (nSPS) is 16.6. The fourth-order valence-corrected chi connectivity index (χ4v) is 3.49. The molecule has 3 heterocycles. The van der Waals surface area contributed by atoms with Crippen LogP contribution in [0.25, 0.3) is 10.9 Å². The van der Waals surface area contributed by atoms with E-state index in [1.54, 1.807) is 6.07 Å². The standard InChI is InChI=1S/C20H15NO5/c1-23-19(22)8-12-13-7-17-18(25-10-24-17)9-16(13)26-20-14(12)6-11-4-2-3-5-15(11)21-20/h2-7,9,12H,8,10H2,1H3. The molecule has 0 saturated carbocycles. The molecule has 1 aromatic heterocycles. The number of fused-ring (bicyclic) bond motifs is 4. The number of methoxy groups -OCH3 is 1. The van der Waals surface area contributed by atoms with Gasteiger partial charge in [0.25, 0.3) is 0 Å². The minimum absolute atomic E-state index is 0.176. The number of pyridine rings is 1. The Hall–Kier alpha value is -3.28. The van der Waals surface area contributed by atoms with E-state index in [4.69, 9.17) is 18.9 Å². The zero-order valence-electron chi connectivity index (χ0n) is 14.0. The number of carbonyl (C=O) groups is 1. The summed E-state index contributed by atoms with van der Waals surface area (Å²) >= 11 is 0. The lowest BCUT2D eigenvalue weighted by Crippen LogP contribution is -2.16. The van der Waals surface area contributed by atoms with Gasteiger partial charge in [0.05, 0.1) is 19.0 Å². The van der Waals surface area contributed by atoms with E-state index >= 15 is 0 Å². The number of aromatic nitrogens is 1. The summed E-state index contributed by atoms with van der Waals surface area (Å²) in [6.07, 6.45) is 0.194. The third-order valence-electron chi connectivity index (χ3n) is 4.78. The summed E-state index contributed by atoms with van der Waals surface area (Å²) in [5.41, 5.74) is 2.57. The zero-order valence-corrected chi connectivity index (χ0v) is 14.0. The summed E-state index contributed by atoms with van der Waals surface area (Å²) in [5, 5.41) is 0.994. The Labute approximate surface area is 149 Å². The van der Waals surface area contributed by atoms with Crippen molar-refractivity contribution in [1.29, 1.82) is 0 Å². The van der Waals surface area contributed by atoms with Crippen LogP contribution in [0.3, 0.4) is 0 Å². The van der Waals surface area contributed by atoms with Crippen LogP contribution in [0.5, 0.6) is 23.1 Å². The Kier molecular flexibility index (Phi) is 3.25. The molecule has 130 valence electrons. The van der Waals surface area contributed by atoms with Crippen LogP contribution in [0.4, 0.5) is 0 Å². The van der Waals surface area contributed by atoms with Crippen LogP contribution < -0.4 is 14.2 Å². The second-order valence-electron chi connectivity index (χ2n) is 6.25. The molecule has 1 atom stereocenters. The molecule has 0 N–H and O–H groups in total. The van der Waals surface area contributed by atoms with Crippen molar-refractivity contribution in [2.24, 2.45) is 0 Å². The Morgan fingerprint density at radius 3 is 2.77 bits per heavy atom. The highest BCUT2D eigenvalue weighted by Crippen LogP contribution is 2.50. The van der Waals surface area contributed by atoms with Gasteiger partial charge in [0.15, 0.2) is 11.5 Å². The average Bonchev–Trinajstić information content (AvgIpc) is 3.12. The first-order valence-electron chi connectivity index (χ1n) is 8.31. The molecule has 0 fully saturated rings. The molecule has 0 saturated heterocycles. The third kappa shape index (κ3) is 2.26. The highest BCUT2D eigenvalue weighted by molar-refractivity contribution is 5.82. The molecule has 0 aliphatic carbocycles. The molecule has 2 aromatic carbocycles. The maximum Gasteiger partial charge on any atom is 0.306 e. The van der Waals surface area contributed by atoms with Crippen LogP contribution in [0.1, 0.15) is 23.5 Å². The lowest BCUT2D eigenvalue weighted by molar-refractivity contribution is -0.140. The predicted octanol–water partition coefficient (Wildman–Crippen LogP) is 3.76. The van der Waals surface area contributed by atoms with Gasteiger partial charge in [-0.25, -0.2) is 4.98 Å². The molecular weight excluding hydrogens is 334 g/mol. The van der Waals surface area contributed by atoms with Crippen LogP contribution in [-0.4, -0.2) is 24.9 Å². The summed E-state index contributed by atoms with van der Waals surface area (Å²) in [4.78, 5) is 16.7. The number of benzene rings is 2. The summed E-state index contributed by atoms with van der Waals surface area (Å²) in [5.74, 6) is 1.89.